The van der Waals surface area contributed by atoms with E-state index in [1.807, 2.05) is 5.32 Å². The number of aromatic nitrogens is 4. The first-order valence-electron chi connectivity index (χ1n) is 9.28. The molecule has 168 valence electrons. The van der Waals surface area contributed by atoms with Crippen molar-refractivity contribution in [2.24, 2.45) is 5.41 Å². The second kappa shape index (κ2) is 7.72. The van der Waals surface area contributed by atoms with Crippen LogP contribution >= 0.6 is 11.6 Å². The molecule has 3 N–H and O–H groups in total. The topological polar surface area (TPSA) is 95.6 Å². The molecule has 7 nitrogen and oxygen atoms in total. The maximum absolute atomic E-state index is 14.2. The van der Waals surface area contributed by atoms with Crippen LogP contribution in [0.4, 0.5) is 17.6 Å². The van der Waals surface area contributed by atoms with Gasteiger partial charge in [0.05, 0.1) is 22.2 Å². The average Bonchev–Trinajstić information content (AvgIpc) is 3.26. The SMILES string of the molecule is C[C@]1(C(=O)NCC(F)(F)F)C[C@H](F)NC1c1ccnc(-c2c[nH]c3ncc(Cl)cc23)n1.[HH].[HH]. The number of nitrogens with one attached hydrogen (secondary N) is 3. The average molecular weight is 461 g/mol. The Hall–Kier alpha value is -2.79. The number of hydrogen-bond donors (Lipinski definition) is 3. The van der Waals surface area contributed by atoms with Gasteiger partial charge >= 0.3 is 6.18 Å². The minimum Gasteiger partial charge on any atom is -0.346 e. The molecule has 1 amide bonds. The molecule has 3 aromatic rings. The number of aromatic amines is 1. The molecule has 3 aromatic heterocycles. The van der Waals surface area contributed by atoms with Gasteiger partial charge in [-0.1, -0.05) is 11.6 Å². The summed E-state index contributed by atoms with van der Waals surface area (Å²) in [4.78, 5) is 28.4. The summed E-state index contributed by atoms with van der Waals surface area (Å²) in [6.45, 7) is -0.0870. The number of fused-ring (bicyclic) bond motifs is 1. The highest BCUT2D eigenvalue weighted by Gasteiger charge is 2.51. The fourth-order valence-corrected chi connectivity index (χ4v) is 3.92. The molecule has 3 atom stereocenters. The van der Waals surface area contributed by atoms with Crippen LogP contribution in [0.25, 0.3) is 22.4 Å². The molecule has 0 aromatic carbocycles. The first-order chi connectivity index (χ1) is 14.6. The van der Waals surface area contributed by atoms with E-state index in [-0.39, 0.29) is 20.8 Å². The van der Waals surface area contributed by atoms with Crippen LogP contribution in [0.15, 0.2) is 30.7 Å². The van der Waals surface area contributed by atoms with E-state index in [1.165, 1.54) is 25.4 Å². The van der Waals surface area contributed by atoms with Crippen LogP contribution in [0, 0.1) is 5.41 Å². The number of H-pyrrole nitrogens is 1. The van der Waals surface area contributed by atoms with E-state index in [0.717, 1.165) is 0 Å². The van der Waals surface area contributed by atoms with Crippen LogP contribution in [-0.4, -0.2) is 44.9 Å². The maximum atomic E-state index is 14.2. The zero-order valence-corrected chi connectivity index (χ0v) is 16.9. The summed E-state index contributed by atoms with van der Waals surface area (Å²) in [5.41, 5.74) is -0.0573. The van der Waals surface area contributed by atoms with Gasteiger partial charge in [0.2, 0.25) is 5.91 Å². The third-order valence-electron chi connectivity index (χ3n) is 5.27. The predicted molar refractivity (Wildman–Crippen MR) is 109 cm³/mol. The monoisotopic (exact) mass is 460 g/mol. The van der Waals surface area contributed by atoms with E-state index < -0.39 is 36.4 Å². The van der Waals surface area contributed by atoms with Gasteiger partial charge < -0.3 is 10.3 Å². The molecule has 4 heterocycles. The van der Waals surface area contributed by atoms with Crippen molar-refractivity contribution in [3.8, 4) is 11.4 Å². The lowest BCUT2D eigenvalue weighted by molar-refractivity contribution is -0.144. The molecule has 12 heteroatoms. The second-order valence-electron chi connectivity index (χ2n) is 7.54. The number of halogens is 5. The Balaban J connectivity index is 0.00000193. The summed E-state index contributed by atoms with van der Waals surface area (Å²) in [5, 5.41) is 5.55. The highest BCUT2D eigenvalue weighted by molar-refractivity contribution is 6.31. The first-order valence-corrected chi connectivity index (χ1v) is 9.66. The van der Waals surface area contributed by atoms with Crippen molar-refractivity contribution < 1.29 is 25.2 Å². The first kappa shape index (κ1) is 21.4. The number of carbonyl (C=O) groups excluding carboxylic acids is 1. The fraction of sp³-hybridized carbons (Fsp3) is 0.368. The number of rotatable bonds is 4. The van der Waals surface area contributed by atoms with Gasteiger partial charge in [-0.05, 0) is 19.1 Å². The van der Waals surface area contributed by atoms with E-state index >= 15 is 0 Å². The lowest BCUT2D eigenvalue weighted by atomic mass is 9.79. The summed E-state index contributed by atoms with van der Waals surface area (Å²) in [7, 11) is 0. The summed E-state index contributed by atoms with van der Waals surface area (Å²) >= 11 is 6.03. The van der Waals surface area contributed by atoms with Gasteiger partial charge in [-0.15, -0.1) is 0 Å². The number of pyridine rings is 1. The van der Waals surface area contributed by atoms with Crippen molar-refractivity contribution in [3.05, 3.63) is 41.4 Å². The van der Waals surface area contributed by atoms with Crippen LogP contribution < -0.4 is 10.6 Å². The van der Waals surface area contributed by atoms with Gasteiger partial charge in [0.15, 0.2) is 12.1 Å². The van der Waals surface area contributed by atoms with Gasteiger partial charge in [-0.25, -0.2) is 19.3 Å². The molecular formula is C19H21ClF4N6O. The third-order valence-corrected chi connectivity index (χ3v) is 5.47. The molecule has 1 unspecified atom stereocenters. The fourth-order valence-electron chi connectivity index (χ4n) is 3.76. The maximum Gasteiger partial charge on any atom is 0.405 e. The standard InChI is InChI=1S/C19H17ClF4N6O.2H2/c1-18(17(31)28-8-19(22,23)24)5-13(21)30-14(18)12-2-3-25-16(29-12)11-7-27-15-10(11)4-9(20)6-26-15;;/h2-4,6-7,13-14,30H,5,8H2,1H3,(H,26,27)(H,28,31);2*1H/t13-,14?,18+;;/m1../s1. The molecule has 1 saturated heterocycles. The molecule has 4 rings (SSSR count). The highest BCUT2D eigenvalue weighted by Crippen LogP contribution is 2.44. The van der Waals surface area contributed by atoms with Crippen molar-refractivity contribution in [2.45, 2.75) is 31.9 Å². The van der Waals surface area contributed by atoms with Gasteiger partial charge in [-0.3, -0.25) is 10.1 Å². The van der Waals surface area contributed by atoms with E-state index in [2.05, 4.69) is 25.3 Å². The number of alkyl halides is 4. The number of nitrogens with zero attached hydrogens (tertiary/aromatic N) is 3. The number of amides is 1. The van der Waals surface area contributed by atoms with Gasteiger partial charge in [-0.2, -0.15) is 13.2 Å². The van der Waals surface area contributed by atoms with Crippen LogP contribution in [0.3, 0.4) is 0 Å². The summed E-state index contributed by atoms with van der Waals surface area (Å²) in [6.07, 6.45) is -1.89. The zero-order valence-electron chi connectivity index (χ0n) is 16.1. The second-order valence-corrected chi connectivity index (χ2v) is 7.98. The molecule has 1 fully saturated rings. The van der Waals surface area contributed by atoms with Crippen LogP contribution in [-0.2, 0) is 4.79 Å². The van der Waals surface area contributed by atoms with Crippen molar-refractivity contribution in [1.82, 2.24) is 30.6 Å². The molecule has 0 aliphatic carbocycles. The van der Waals surface area contributed by atoms with E-state index in [4.69, 9.17) is 11.6 Å². The van der Waals surface area contributed by atoms with E-state index in [0.29, 0.717) is 21.6 Å². The molecule has 31 heavy (non-hydrogen) atoms. The number of carbonyl (C=O) groups is 1. The molecule has 1 aliphatic heterocycles. The Morgan fingerprint density at radius 1 is 1.42 bits per heavy atom. The van der Waals surface area contributed by atoms with Crippen LogP contribution in [0.2, 0.25) is 5.02 Å². The Kier molecular flexibility index (Phi) is 5.34. The Bertz CT molecular complexity index is 1150. The van der Waals surface area contributed by atoms with Crippen LogP contribution in [0.1, 0.15) is 27.9 Å². The van der Waals surface area contributed by atoms with Gasteiger partial charge in [0.1, 0.15) is 12.2 Å². The summed E-state index contributed by atoms with van der Waals surface area (Å²) < 4.78 is 51.9. The molecular weight excluding hydrogens is 440 g/mol. The summed E-state index contributed by atoms with van der Waals surface area (Å²) in [5.74, 6) is -0.638. The number of hydrogen-bond acceptors (Lipinski definition) is 5. The lowest BCUT2D eigenvalue weighted by Crippen LogP contribution is -2.45. The largest absolute Gasteiger partial charge is 0.405 e. The van der Waals surface area contributed by atoms with E-state index in [1.54, 1.807) is 12.3 Å². The molecule has 0 bridgehead atoms. The minimum absolute atomic E-state index is 0. The molecule has 0 radical (unpaired) electrons. The Labute approximate surface area is 181 Å². The Morgan fingerprint density at radius 3 is 2.94 bits per heavy atom. The normalized spacial score (nSPS) is 23.9. The lowest BCUT2D eigenvalue weighted by Gasteiger charge is -2.29. The zero-order chi connectivity index (χ0) is 22.4. The smallest absolute Gasteiger partial charge is 0.346 e. The van der Waals surface area contributed by atoms with Crippen molar-refractivity contribution in [3.63, 3.8) is 0 Å². The van der Waals surface area contributed by atoms with Crippen molar-refractivity contribution in [2.75, 3.05) is 6.54 Å². The predicted octanol–water partition coefficient (Wildman–Crippen LogP) is 4.18. The summed E-state index contributed by atoms with van der Waals surface area (Å²) in [6, 6.07) is 2.23. The molecule has 0 spiro atoms. The van der Waals surface area contributed by atoms with E-state index in [9.17, 15) is 22.4 Å². The highest BCUT2D eigenvalue weighted by atomic mass is 35.5. The molecule has 1 aliphatic rings. The minimum atomic E-state index is -4.57. The quantitative estimate of drug-likeness (QED) is 0.401. The van der Waals surface area contributed by atoms with Crippen molar-refractivity contribution >= 4 is 28.5 Å². The molecule has 0 saturated carbocycles. The van der Waals surface area contributed by atoms with Crippen LogP contribution in [0.5, 0.6) is 0 Å². The Morgan fingerprint density at radius 2 is 2.19 bits per heavy atom. The van der Waals surface area contributed by atoms with Gasteiger partial charge in [0.25, 0.3) is 0 Å². The van der Waals surface area contributed by atoms with Crippen molar-refractivity contribution in [1.29, 1.82) is 0 Å². The third kappa shape index (κ3) is 4.19. The van der Waals surface area contributed by atoms with Gasteiger partial charge in [0, 0.05) is 38.8 Å².